The van der Waals surface area contributed by atoms with Crippen molar-refractivity contribution in [1.29, 1.82) is 0 Å². The Morgan fingerprint density at radius 3 is 2.55 bits per heavy atom. The predicted molar refractivity (Wildman–Crippen MR) is 76.1 cm³/mol. The smallest absolute Gasteiger partial charge is 0.254 e. The largest absolute Gasteiger partial charge is 0.397 e. The number of aromatic nitrogens is 1. The highest BCUT2D eigenvalue weighted by molar-refractivity contribution is 6.32. The molecule has 1 aliphatic carbocycles. The van der Waals surface area contributed by atoms with Gasteiger partial charge in [0.25, 0.3) is 5.91 Å². The van der Waals surface area contributed by atoms with Crippen molar-refractivity contribution in [3.63, 3.8) is 0 Å². The molecule has 1 aliphatic rings. The Labute approximate surface area is 121 Å². The molecule has 6 nitrogen and oxygen atoms in total. The number of carbonyl (C=O) groups excluding carboxylic acids is 2. The van der Waals surface area contributed by atoms with E-state index in [4.69, 9.17) is 23.1 Å². The number of carbonyl (C=O) groups is 2. The van der Waals surface area contributed by atoms with Gasteiger partial charge in [-0.2, -0.15) is 0 Å². The first-order valence-electron chi connectivity index (χ1n) is 6.48. The molecule has 0 unspecified atom stereocenters. The molecule has 1 saturated carbocycles. The molecule has 7 heteroatoms. The maximum Gasteiger partial charge on any atom is 0.254 e. The first-order valence-corrected chi connectivity index (χ1v) is 6.86. The molecule has 0 saturated heterocycles. The standard InChI is InChI=1S/C13H17ClN4O2/c14-11-10(5-8(15)6-17-11)13(20)18-9-3-1-7(2-4-9)12(16)19/h5-7,9H,1-4,15H2,(H2,16,19)(H,18,20). The second-order valence-corrected chi connectivity index (χ2v) is 5.39. The van der Waals surface area contributed by atoms with Gasteiger partial charge in [0.05, 0.1) is 17.4 Å². The molecule has 0 radical (unpaired) electrons. The highest BCUT2D eigenvalue weighted by atomic mass is 35.5. The third kappa shape index (κ3) is 3.39. The Balaban J connectivity index is 1.96. The molecule has 5 N–H and O–H groups in total. The van der Waals surface area contributed by atoms with Gasteiger partial charge in [-0.25, -0.2) is 4.98 Å². The Hall–Kier alpha value is -1.82. The van der Waals surface area contributed by atoms with Crippen LogP contribution < -0.4 is 16.8 Å². The average Bonchev–Trinajstić information content (AvgIpc) is 2.42. The third-order valence-electron chi connectivity index (χ3n) is 3.57. The van der Waals surface area contributed by atoms with Crippen molar-refractivity contribution in [1.82, 2.24) is 10.3 Å². The van der Waals surface area contributed by atoms with Crippen LogP contribution in [0.1, 0.15) is 36.0 Å². The second-order valence-electron chi connectivity index (χ2n) is 5.03. The van der Waals surface area contributed by atoms with Gasteiger partial charge in [-0.15, -0.1) is 0 Å². The number of nitrogens with zero attached hydrogens (tertiary/aromatic N) is 1. The van der Waals surface area contributed by atoms with Crippen molar-refractivity contribution >= 4 is 29.1 Å². The van der Waals surface area contributed by atoms with Gasteiger partial charge in [-0.05, 0) is 31.7 Å². The van der Waals surface area contributed by atoms with Crippen molar-refractivity contribution in [2.75, 3.05) is 5.73 Å². The normalized spacial score (nSPS) is 22.2. The van der Waals surface area contributed by atoms with Gasteiger partial charge in [0.1, 0.15) is 5.15 Å². The van der Waals surface area contributed by atoms with Gasteiger partial charge in [0.2, 0.25) is 5.91 Å². The summed E-state index contributed by atoms with van der Waals surface area (Å²) in [5.74, 6) is -0.643. The van der Waals surface area contributed by atoms with E-state index >= 15 is 0 Å². The molecule has 0 aromatic carbocycles. The number of hydrogen-bond acceptors (Lipinski definition) is 4. The third-order valence-corrected chi connectivity index (χ3v) is 3.87. The molecule has 1 heterocycles. The quantitative estimate of drug-likeness (QED) is 0.725. The Kier molecular flexibility index (Phi) is 4.44. The van der Waals surface area contributed by atoms with Crippen LogP contribution in [0.15, 0.2) is 12.3 Å². The zero-order chi connectivity index (χ0) is 14.7. The van der Waals surface area contributed by atoms with Gasteiger partial charge in [0.15, 0.2) is 0 Å². The highest BCUT2D eigenvalue weighted by Gasteiger charge is 2.26. The number of nitrogens with two attached hydrogens (primary N) is 2. The monoisotopic (exact) mass is 296 g/mol. The predicted octanol–water partition coefficient (Wildman–Crippen LogP) is 1.09. The SMILES string of the molecule is NC(=O)C1CCC(NC(=O)c2cc(N)cnc2Cl)CC1. The van der Waals surface area contributed by atoms with Crippen molar-refractivity contribution < 1.29 is 9.59 Å². The molecule has 108 valence electrons. The Bertz CT molecular complexity index is 527. The number of anilines is 1. The lowest BCUT2D eigenvalue weighted by Gasteiger charge is -2.27. The zero-order valence-electron chi connectivity index (χ0n) is 10.9. The lowest BCUT2D eigenvalue weighted by Crippen LogP contribution is -2.39. The first-order chi connectivity index (χ1) is 9.47. The summed E-state index contributed by atoms with van der Waals surface area (Å²) in [4.78, 5) is 27.0. The summed E-state index contributed by atoms with van der Waals surface area (Å²) in [5.41, 5.74) is 11.5. The van der Waals surface area contributed by atoms with E-state index in [-0.39, 0.29) is 34.5 Å². The molecule has 1 aromatic rings. The summed E-state index contributed by atoms with van der Waals surface area (Å²) in [6.45, 7) is 0. The van der Waals surface area contributed by atoms with Crippen LogP contribution in [-0.2, 0) is 4.79 Å². The number of nitrogens with one attached hydrogen (secondary N) is 1. The van der Waals surface area contributed by atoms with Crippen LogP contribution in [0.25, 0.3) is 0 Å². The summed E-state index contributed by atoms with van der Waals surface area (Å²) in [5, 5.41) is 3.02. The number of amides is 2. The van der Waals surface area contributed by atoms with Crippen LogP contribution in [0.5, 0.6) is 0 Å². The van der Waals surface area contributed by atoms with Gasteiger partial charge in [-0.1, -0.05) is 11.6 Å². The van der Waals surface area contributed by atoms with Crippen molar-refractivity contribution in [3.8, 4) is 0 Å². The number of nitrogen functional groups attached to an aromatic ring is 1. The van der Waals surface area contributed by atoms with Crippen molar-refractivity contribution in [2.45, 2.75) is 31.7 Å². The number of hydrogen-bond donors (Lipinski definition) is 3. The van der Waals surface area contributed by atoms with Crippen LogP contribution in [0.3, 0.4) is 0 Å². The molecular formula is C13H17ClN4O2. The highest BCUT2D eigenvalue weighted by Crippen LogP contribution is 2.24. The molecule has 1 fully saturated rings. The lowest BCUT2D eigenvalue weighted by molar-refractivity contribution is -0.122. The minimum Gasteiger partial charge on any atom is -0.397 e. The number of pyridine rings is 1. The molecule has 20 heavy (non-hydrogen) atoms. The minimum atomic E-state index is -0.294. The second kappa shape index (κ2) is 6.09. The molecule has 0 atom stereocenters. The van der Waals surface area contributed by atoms with Crippen LogP contribution in [0, 0.1) is 5.92 Å². The van der Waals surface area contributed by atoms with Crippen LogP contribution >= 0.6 is 11.6 Å². The summed E-state index contributed by atoms with van der Waals surface area (Å²) >= 11 is 5.88. The molecule has 0 aliphatic heterocycles. The van der Waals surface area contributed by atoms with E-state index in [0.29, 0.717) is 18.5 Å². The van der Waals surface area contributed by atoms with Gasteiger partial charge >= 0.3 is 0 Å². The van der Waals surface area contributed by atoms with Crippen molar-refractivity contribution in [2.24, 2.45) is 11.7 Å². The van der Waals surface area contributed by atoms with E-state index < -0.39 is 0 Å². The number of rotatable bonds is 3. The molecule has 2 amide bonds. The molecule has 0 bridgehead atoms. The summed E-state index contributed by atoms with van der Waals surface area (Å²) < 4.78 is 0. The van der Waals surface area contributed by atoms with Gasteiger partial charge < -0.3 is 16.8 Å². The molecular weight excluding hydrogens is 280 g/mol. The Morgan fingerprint density at radius 1 is 1.30 bits per heavy atom. The maximum atomic E-state index is 12.1. The summed E-state index contributed by atoms with van der Waals surface area (Å²) in [7, 11) is 0. The topological polar surface area (TPSA) is 111 Å². The van der Waals surface area contributed by atoms with E-state index in [1.807, 2.05) is 0 Å². The fourth-order valence-corrected chi connectivity index (χ4v) is 2.60. The van der Waals surface area contributed by atoms with E-state index in [9.17, 15) is 9.59 Å². The van der Waals surface area contributed by atoms with E-state index in [1.165, 1.54) is 12.3 Å². The van der Waals surface area contributed by atoms with E-state index in [2.05, 4.69) is 10.3 Å². The average molecular weight is 297 g/mol. The molecule has 0 spiro atoms. The first kappa shape index (κ1) is 14.6. The molecule has 2 rings (SSSR count). The maximum absolute atomic E-state index is 12.1. The van der Waals surface area contributed by atoms with Crippen LogP contribution in [0.2, 0.25) is 5.15 Å². The van der Waals surface area contributed by atoms with E-state index in [1.54, 1.807) is 0 Å². The zero-order valence-corrected chi connectivity index (χ0v) is 11.7. The fraction of sp³-hybridized carbons (Fsp3) is 0.462. The lowest BCUT2D eigenvalue weighted by atomic mass is 9.85. The van der Waals surface area contributed by atoms with Crippen LogP contribution in [0.4, 0.5) is 5.69 Å². The molecule has 1 aromatic heterocycles. The number of halogens is 1. The van der Waals surface area contributed by atoms with Gasteiger partial charge in [-0.3, -0.25) is 9.59 Å². The van der Waals surface area contributed by atoms with Crippen molar-refractivity contribution in [3.05, 3.63) is 23.0 Å². The van der Waals surface area contributed by atoms with Gasteiger partial charge in [0, 0.05) is 12.0 Å². The number of primary amides is 1. The summed E-state index contributed by atoms with van der Waals surface area (Å²) in [6, 6.07) is 1.52. The summed E-state index contributed by atoms with van der Waals surface area (Å²) in [6.07, 6.45) is 4.25. The van der Waals surface area contributed by atoms with Crippen LogP contribution in [-0.4, -0.2) is 22.8 Å². The minimum absolute atomic E-state index is 0.0237. The fourth-order valence-electron chi connectivity index (χ4n) is 2.41. The Morgan fingerprint density at radius 2 is 1.95 bits per heavy atom. The van der Waals surface area contributed by atoms with E-state index in [0.717, 1.165) is 12.8 Å².